The van der Waals surface area contributed by atoms with Gasteiger partial charge in [-0.25, -0.2) is 4.98 Å². The van der Waals surface area contributed by atoms with Gasteiger partial charge >= 0.3 is 0 Å². The van der Waals surface area contributed by atoms with Gasteiger partial charge in [0.2, 0.25) is 5.91 Å². The number of rotatable bonds is 8. The highest BCUT2D eigenvalue weighted by Gasteiger charge is 2.09. The first kappa shape index (κ1) is 19.5. The number of aryl methyl sites for hydroxylation is 1. The average molecular weight is 399 g/mol. The van der Waals surface area contributed by atoms with E-state index in [-0.39, 0.29) is 12.3 Å². The van der Waals surface area contributed by atoms with Crippen LogP contribution in [-0.4, -0.2) is 17.1 Å². The largest absolute Gasteiger partial charge is 0.486 e. The fourth-order valence-electron chi connectivity index (χ4n) is 2.50. The van der Waals surface area contributed by atoms with Crippen LogP contribution in [0.15, 0.2) is 53.9 Å². The van der Waals surface area contributed by atoms with Gasteiger partial charge in [0.1, 0.15) is 17.4 Å². The second-order valence-corrected chi connectivity index (χ2v) is 8.00. The summed E-state index contributed by atoms with van der Waals surface area (Å²) in [6.45, 7) is 2.45. The Hall–Kier alpha value is -2.31. The quantitative estimate of drug-likeness (QED) is 0.575. The number of hydrogen-bond donors (Lipinski definition) is 1. The molecule has 0 unspecified atom stereocenters. The molecule has 0 spiro atoms. The van der Waals surface area contributed by atoms with Crippen molar-refractivity contribution in [3.63, 3.8) is 0 Å². The van der Waals surface area contributed by atoms with Gasteiger partial charge in [-0.05, 0) is 43.0 Å². The zero-order chi connectivity index (χ0) is 19.1. The molecule has 1 aromatic heterocycles. The van der Waals surface area contributed by atoms with Crippen LogP contribution in [0.2, 0.25) is 0 Å². The second kappa shape index (κ2) is 9.58. The van der Waals surface area contributed by atoms with Crippen LogP contribution < -0.4 is 10.1 Å². The Balaban J connectivity index is 1.49. The first-order valence-electron chi connectivity index (χ1n) is 8.63. The summed E-state index contributed by atoms with van der Waals surface area (Å²) in [5.74, 6) is 1.73. The van der Waals surface area contributed by atoms with Gasteiger partial charge in [0.05, 0.1) is 12.1 Å². The van der Waals surface area contributed by atoms with Crippen molar-refractivity contribution in [2.45, 2.75) is 25.7 Å². The topological polar surface area (TPSA) is 51.2 Å². The van der Waals surface area contributed by atoms with E-state index in [0.717, 1.165) is 27.9 Å². The first-order chi connectivity index (χ1) is 13.1. The minimum absolute atomic E-state index is 0.0658. The van der Waals surface area contributed by atoms with Crippen molar-refractivity contribution in [3.05, 3.63) is 75.7 Å². The number of amides is 1. The molecular formula is C21H22N2O2S2. The summed E-state index contributed by atoms with van der Waals surface area (Å²) in [7, 11) is 0. The summed E-state index contributed by atoms with van der Waals surface area (Å²) in [6, 6.07) is 15.9. The summed E-state index contributed by atoms with van der Waals surface area (Å²) in [5, 5.41) is 5.69. The number of thioether (sulfide) groups is 1. The predicted molar refractivity (Wildman–Crippen MR) is 114 cm³/mol. The third kappa shape index (κ3) is 6.12. The summed E-state index contributed by atoms with van der Waals surface area (Å²) < 4.78 is 5.74. The van der Waals surface area contributed by atoms with E-state index in [2.05, 4.69) is 16.6 Å². The number of carbonyl (C=O) groups is 1. The first-order valence-corrected chi connectivity index (χ1v) is 10.9. The monoisotopic (exact) mass is 398 g/mol. The number of thiazole rings is 1. The highest BCUT2D eigenvalue weighted by molar-refractivity contribution is 7.97. The number of ether oxygens (including phenoxy) is 1. The Morgan fingerprint density at radius 1 is 1.15 bits per heavy atom. The van der Waals surface area contributed by atoms with E-state index in [0.29, 0.717) is 6.61 Å². The molecule has 0 radical (unpaired) electrons. The zero-order valence-electron chi connectivity index (χ0n) is 15.4. The highest BCUT2D eigenvalue weighted by Crippen LogP contribution is 2.17. The van der Waals surface area contributed by atoms with Gasteiger partial charge in [-0.1, -0.05) is 29.8 Å². The van der Waals surface area contributed by atoms with Crippen LogP contribution in [0.5, 0.6) is 5.75 Å². The molecule has 0 saturated carbocycles. The normalized spacial score (nSPS) is 10.6. The number of hydrogen-bond acceptors (Lipinski definition) is 5. The van der Waals surface area contributed by atoms with Gasteiger partial charge in [0.25, 0.3) is 0 Å². The number of carbonyl (C=O) groups excluding carboxylic acids is 1. The highest BCUT2D eigenvalue weighted by atomic mass is 32.2. The third-order valence-electron chi connectivity index (χ3n) is 3.87. The SMILES string of the molecule is CSCc1ccc(NC(=O)Cc2csc(COc3ccc(C)cc3)n2)cc1. The Morgan fingerprint density at radius 3 is 2.59 bits per heavy atom. The van der Waals surface area contributed by atoms with E-state index < -0.39 is 0 Å². The summed E-state index contributed by atoms with van der Waals surface area (Å²) in [4.78, 5) is 16.7. The lowest BCUT2D eigenvalue weighted by molar-refractivity contribution is -0.115. The third-order valence-corrected chi connectivity index (χ3v) is 5.37. The zero-order valence-corrected chi connectivity index (χ0v) is 17.0. The van der Waals surface area contributed by atoms with Gasteiger partial charge in [0, 0.05) is 16.8 Å². The van der Waals surface area contributed by atoms with Crippen molar-refractivity contribution < 1.29 is 9.53 Å². The van der Waals surface area contributed by atoms with Crippen LogP contribution in [-0.2, 0) is 23.6 Å². The Morgan fingerprint density at radius 2 is 1.89 bits per heavy atom. The van der Waals surface area contributed by atoms with Crippen molar-refractivity contribution in [1.29, 1.82) is 0 Å². The molecule has 3 rings (SSSR count). The fourth-order valence-corrected chi connectivity index (χ4v) is 3.73. The minimum atomic E-state index is -0.0658. The Bertz CT molecular complexity index is 874. The molecule has 0 atom stereocenters. The molecule has 6 heteroatoms. The maximum Gasteiger partial charge on any atom is 0.230 e. The van der Waals surface area contributed by atoms with Crippen molar-refractivity contribution >= 4 is 34.7 Å². The van der Waals surface area contributed by atoms with E-state index in [1.165, 1.54) is 22.5 Å². The molecule has 0 saturated heterocycles. The lowest BCUT2D eigenvalue weighted by atomic mass is 10.2. The molecule has 0 aliphatic heterocycles. The number of anilines is 1. The van der Waals surface area contributed by atoms with Gasteiger partial charge in [-0.2, -0.15) is 11.8 Å². The maximum atomic E-state index is 12.2. The lowest BCUT2D eigenvalue weighted by Crippen LogP contribution is -2.14. The molecule has 1 amide bonds. The molecular weight excluding hydrogens is 376 g/mol. The molecule has 0 aliphatic carbocycles. The lowest BCUT2D eigenvalue weighted by Gasteiger charge is -2.05. The van der Waals surface area contributed by atoms with Crippen LogP contribution in [0, 0.1) is 6.92 Å². The predicted octanol–water partition coefficient (Wildman–Crippen LogP) is 5.07. The summed E-state index contributed by atoms with van der Waals surface area (Å²) in [5.41, 5.74) is 4.02. The molecule has 1 N–H and O–H groups in total. The van der Waals surface area contributed by atoms with E-state index >= 15 is 0 Å². The van der Waals surface area contributed by atoms with Crippen molar-refractivity contribution in [1.82, 2.24) is 4.98 Å². The van der Waals surface area contributed by atoms with Crippen LogP contribution in [0.25, 0.3) is 0 Å². The number of nitrogens with one attached hydrogen (secondary N) is 1. The fraction of sp³-hybridized carbons (Fsp3) is 0.238. The smallest absolute Gasteiger partial charge is 0.230 e. The molecule has 3 aromatic rings. The maximum absolute atomic E-state index is 12.2. The summed E-state index contributed by atoms with van der Waals surface area (Å²) >= 11 is 3.29. The summed E-state index contributed by atoms with van der Waals surface area (Å²) in [6.07, 6.45) is 2.33. The van der Waals surface area contributed by atoms with E-state index in [1.807, 2.05) is 60.8 Å². The Labute approximate surface area is 168 Å². The number of nitrogens with zero attached hydrogens (tertiary/aromatic N) is 1. The molecule has 0 fully saturated rings. The molecule has 1 heterocycles. The molecule has 27 heavy (non-hydrogen) atoms. The van der Waals surface area contributed by atoms with E-state index in [9.17, 15) is 4.79 Å². The van der Waals surface area contributed by atoms with Crippen molar-refractivity contribution in [3.8, 4) is 5.75 Å². The number of benzene rings is 2. The second-order valence-electron chi connectivity index (χ2n) is 6.19. The van der Waals surface area contributed by atoms with E-state index in [4.69, 9.17) is 4.74 Å². The standard InChI is InChI=1S/C21H22N2O2S2/c1-15-3-9-19(10-4-15)25-12-21-23-18(14-27-21)11-20(24)22-17-7-5-16(6-8-17)13-26-2/h3-10,14H,11-13H2,1-2H3,(H,22,24). The minimum Gasteiger partial charge on any atom is -0.486 e. The van der Waals surface area contributed by atoms with Crippen LogP contribution in [0.4, 0.5) is 5.69 Å². The van der Waals surface area contributed by atoms with Crippen LogP contribution in [0.1, 0.15) is 21.8 Å². The Kier molecular flexibility index (Phi) is 6.90. The van der Waals surface area contributed by atoms with Gasteiger partial charge < -0.3 is 10.1 Å². The van der Waals surface area contributed by atoms with Gasteiger partial charge in [-0.3, -0.25) is 4.79 Å². The van der Waals surface area contributed by atoms with Crippen LogP contribution >= 0.6 is 23.1 Å². The van der Waals surface area contributed by atoms with Gasteiger partial charge in [0.15, 0.2) is 0 Å². The molecule has 0 aliphatic rings. The van der Waals surface area contributed by atoms with Crippen LogP contribution in [0.3, 0.4) is 0 Å². The molecule has 0 bridgehead atoms. The van der Waals surface area contributed by atoms with Crippen molar-refractivity contribution in [2.75, 3.05) is 11.6 Å². The molecule has 2 aromatic carbocycles. The van der Waals surface area contributed by atoms with Gasteiger partial charge in [-0.15, -0.1) is 11.3 Å². The van der Waals surface area contributed by atoms with Crippen molar-refractivity contribution in [2.24, 2.45) is 0 Å². The molecule has 140 valence electrons. The van der Waals surface area contributed by atoms with E-state index in [1.54, 1.807) is 11.8 Å². The molecule has 4 nitrogen and oxygen atoms in total. The number of aromatic nitrogens is 1. The average Bonchev–Trinajstić information content (AvgIpc) is 3.10.